The first kappa shape index (κ1) is 22.5. The number of ether oxygens (including phenoxy) is 1. The summed E-state index contributed by atoms with van der Waals surface area (Å²) in [6, 6.07) is 6.57. The van der Waals surface area contributed by atoms with Crippen LogP contribution in [0.25, 0.3) is 11.8 Å². The summed E-state index contributed by atoms with van der Waals surface area (Å²) in [6.07, 6.45) is 10.1. The molecule has 1 saturated carbocycles. The van der Waals surface area contributed by atoms with Crippen LogP contribution in [0.1, 0.15) is 55.3 Å². The van der Waals surface area contributed by atoms with Crippen molar-refractivity contribution in [1.82, 2.24) is 14.9 Å². The second-order valence-electron chi connectivity index (χ2n) is 10.7. The van der Waals surface area contributed by atoms with E-state index in [1.54, 1.807) is 12.1 Å². The van der Waals surface area contributed by atoms with Crippen LogP contribution in [0.3, 0.4) is 0 Å². The molecule has 6 nitrogen and oxygen atoms in total. The highest BCUT2D eigenvalue weighted by molar-refractivity contribution is 5.62. The fourth-order valence-electron chi connectivity index (χ4n) is 6.50. The molecule has 0 N–H and O–H groups in total. The van der Waals surface area contributed by atoms with Crippen LogP contribution in [0.15, 0.2) is 40.6 Å². The number of hydrogen-bond acceptors (Lipinski definition) is 5. The minimum Gasteiger partial charge on any atom is -0.376 e. The van der Waals surface area contributed by atoms with Crippen LogP contribution in [0.4, 0.5) is 10.1 Å². The zero-order valence-electron chi connectivity index (χ0n) is 20.8. The molecule has 1 aromatic carbocycles. The molecule has 0 radical (unpaired) electrons. The van der Waals surface area contributed by atoms with E-state index in [-0.39, 0.29) is 17.3 Å². The lowest BCUT2D eigenvalue weighted by Gasteiger charge is -2.39. The van der Waals surface area contributed by atoms with Crippen LogP contribution in [-0.4, -0.2) is 40.7 Å². The van der Waals surface area contributed by atoms with Crippen molar-refractivity contribution in [2.24, 2.45) is 11.3 Å². The predicted molar refractivity (Wildman–Crippen MR) is 133 cm³/mol. The summed E-state index contributed by atoms with van der Waals surface area (Å²) in [4.78, 5) is 2.48. The lowest BCUT2D eigenvalue weighted by molar-refractivity contribution is 0.113. The Morgan fingerprint density at radius 1 is 1.17 bits per heavy atom. The summed E-state index contributed by atoms with van der Waals surface area (Å²) < 4.78 is 27.0. The SMILES string of the molecule is Cc1noc(C)c1N(CC1CCCO1)C[C@H]1CCC2=Cc3c(cnn3-c3ccc(F)cc3)C[C@@]21C. The molecule has 3 aromatic rings. The molecule has 2 aromatic heterocycles. The van der Waals surface area contributed by atoms with E-state index in [2.05, 4.69) is 28.2 Å². The molecule has 0 spiro atoms. The van der Waals surface area contributed by atoms with Gasteiger partial charge in [0.2, 0.25) is 0 Å². The molecule has 35 heavy (non-hydrogen) atoms. The lowest BCUT2D eigenvalue weighted by Crippen LogP contribution is -2.41. The molecular weight excluding hydrogens is 443 g/mol. The third-order valence-electron chi connectivity index (χ3n) is 8.42. The van der Waals surface area contributed by atoms with E-state index in [0.717, 1.165) is 80.3 Å². The highest BCUT2D eigenvalue weighted by Crippen LogP contribution is 2.53. The highest BCUT2D eigenvalue weighted by atomic mass is 19.1. The Hall–Kier alpha value is -2.93. The third-order valence-corrected chi connectivity index (χ3v) is 8.42. The average Bonchev–Trinajstić information content (AvgIpc) is 3.61. The Labute approximate surface area is 205 Å². The molecule has 1 saturated heterocycles. The quantitative estimate of drug-likeness (QED) is 0.460. The number of hydrogen-bond donors (Lipinski definition) is 0. The zero-order valence-corrected chi connectivity index (χ0v) is 20.8. The predicted octanol–water partition coefficient (Wildman–Crippen LogP) is 5.66. The Balaban J connectivity index is 1.29. The van der Waals surface area contributed by atoms with E-state index >= 15 is 0 Å². The van der Waals surface area contributed by atoms with Crippen LogP contribution < -0.4 is 4.90 Å². The number of anilines is 1. The second-order valence-corrected chi connectivity index (χ2v) is 10.7. The maximum atomic E-state index is 13.5. The number of halogens is 1. The molecule has 0 bridgehead atoms. The number of aryl methyl sites for hydroxylation is 2. The van der Waals surface area contributed by atoms with Crippen molar-refractivity contribution < 1.29 is 13.7 Å². The minimum absolute atomic E-state index is 0.0808. The Morgan fingerprint density at radius 3 is 2.71 bits per heavy atom. The molecule has 1 aliphatic heterocycles. The van der Waals surface area contributed by atoms with E-state index < -0.39 is 0 Å². The largest absolute Gasteiger partial charge is 0.376 e. The van der Waals surface area contributed by atoms with Gasteiger partial charge < -0.3 is 14.2 Å². The summed E-state index contributed by atoms with van der Waals surface area (Å²) >= 11 is 0. The van der Waals surface area contributed by atoms with Gasteiger partial charge in [-0.3, -0.25) is 0 Å². The summed E-state index contributed by atoms with van der Waals surface area (Å²) in [5, 5.41) is 8.92. The molecule has 3 heterocycles. The molecule has 184 valence electrons. The molecular formula is C28H33FN4O2. The van der Waals surface area contributed by atoms with E-state index in [1.807, 2.05) is 24.7 Å². The van der Waals surface area contributed by atoms with Crippen molar-refractivity contribution in [2.75, 3.05) is 24.6 Å². The van der Waals surface area contributed by atoms with Gasteiger partial charge in [-0.2, -0.15) is 5.10 Å². The highest BCUT2D eigenvalue weighted by Gasteiger charge is 2.46. The van der Waals surface area contributed by atoms with E-state index in [4.69, 9.17) is 9.26 Å². The average molecular weight is 477 g/mol. The van der Waals surface area contributed by atoms with Gasteiger partial charge in [-0.1, -0.05) is 17.7 Å². The van der Waals surface area contributed by atoms with E-state index in [1.165, 1.54) is 23.3 Å². The van der Waals surface area contributed by atoms with Crippen molar-refractivity contribution in [3.05, 3.63) is 64.6 Å². The molecule has 2 aliphatic carbocycles. The lowest BCUT2D eigenvalue weighted by atomic mass is 9.69. The van der Waals surface area contributed by atoms with Gasteiger partial charge in [-0.25, -0.2) is 9.07 Å². The van der Waals surface area contributed by atoms with Crippen LogP contribution in [0.2, 0.25) is 0 Å². The normalized spacial score (nSPS) is 25.4. The maximum Gasteiger partial charge on any atom is 0.157 e. The van der Waals surface area contributed by atoms with Gasteiger partial charge in [0.1, 0.15) is 17.2 Å². The monoisotopic (exact) mass is 476 g/mol. The smallest absolute Gasteiger partial charge is 0.157 e. The van der Waals surface area contributed by atoms with Crippen molar-refractivity contribution >= 4 is 11.8 Å². The van der Waals surface area contributed by atoms with Gasteiger partial charge in [0, 0.05) is 19.7 Å². The van der Waals surface area contributed by atoms with Gasteiger partial charge in [-0.05, 0) is 93.2 Å². The summed E-state index contributed by atoms with van der Waals surface area (Å²) in [5.74, 6) is 1.15. The summed E-state index contributed by atoms with van der Waals surface area (Å²) in [6.45, 7) is 9.16. The molecule has 6 rings (SSSR count). The fraction of sp³-hybridized carbons (Fsp3) is 0.500. The number of nitrogens with zero attached hydrogens (tertiary/aromatic N) is 4. The summed E-state index contributed by atoms with van der Waals surface area (Å²) in [5.41, 5.74) is 6.94. The van der Waals surface area contributed by atoms with Gasteiger partial charge in [0.05, 0.1) is 23.7 Å². The molecule has 0 amide bonds. The fourth-order valence-corrected chi connectivity index (χ4v) is 6.50. The van der Waals surface area contributed by atoms with Gasteiger partial charge in [0.15, 0.2) is 5.76 Å². The van der Waals surface area contributed by atoms with Gasteiger partial charge >= 0.3 is 0 Å². The number of fused-ring (bicyclic) bond motifs is 2. The first-order chi connectivity index (χ1) is 16.9. The van der Waals surface area contributed by atoms with E-state index in [9.17, 15) is 4.39 Å². The topological polar surface area (TPSA) is 56.3 Å². The van der Waals surface area contributed by atoms with Gasteiger partial charge in [0.25, 0.3) is 0 Å². The summed E-state index contributed by atoms with van der Waals surface area (Å²) in [7, 11) is 0. The first-order valence-corrected chi connectivity index (χ1v) is 12.8. The Bertz CT molecular complexity index is 1230. The number of rotatable bonds is 6. The van der Waals surface area contributed by atoms with Crippen LogP contribution in [-0.2, 0) is 11.2 Å². The van der Waals surface area contributed by atoms with Crippen molar-refractivity contribution in [1.29, 1.82) is 0 Å². The minimum atomic E-state index is -0.231. The van der Waals surface area contributed by atoms with Crippen LogP contribution >= 0.6 is 0 Å². The maximum absolute atomic E-state index is 13.5. The number of allylic oxidation sites excluding steroid dienone is 1. The number of aromatic nitrogens is 3. The standard InChI is InChI=1S/C28H33FN4O2/c1-18-27(19(2)35-31-18)32(17-25-5-4-12-34-25)16-22-7-6-21-13-26-20(14-28(21,22)3)15-30-33(26)24-10-8-23(29)9-11-24/h8-11,13,15,22,25H,4-7,12,14,16-17H2,1-3H3/t22-,25?,28+/m1/s1. The Kier molecular flexibility index (Phi) is 5.55. The van der Waals surface area contributed by atoms with Gasteiger partial charge in [-0.15, -0.1) is 0 Å². The molecule has 3 aliphatic rings. The first-order valence-electron chi connectivity index (χ1n) is 12.8. The Morgan fingerprint density at radius 2 is 2.00 bits per heavy atom. The molecule has 2 fully saturated rings. The molecule has 1 unspecified atom stereocenters. The van der Waals surface area contributed by atoms with Crippen LogP contribution in [0, 0.1) is 31.0 Å². The zero-order chi connectivity index (χ0) is 24.2. The second kappa shape index (κ2) is 8.63. The number of benzene rings is 1. The van der Waals surface area contributed by atoms with Crippen molar-refractivity contribution in [3.63, 3.8) is 0 Å². The third kappa shape index (κ3) is 3.90. The molecule has 3 atom stereocenters. The molecule has 7 heteroatoms. The van der Waals surface area contributed by atoms with Crippen LogP contribution in [0.5, 0.6) is 0 Å². The van der Waals surface area contributed by atoms with Crippen molar-refractivity contribution in [2.45, 2.75) is 59.0 Å². The van der Waals surface area contributed by atoms with Crippen molar-refractivity contribution in [3.8, 4) is 5.69 Å². The van der Waals surface area contributed by atoms with E-state index in [0.29, 0.717) is 5.92 Å².